The highest BCUT2D eigenvalue weighted by Crippen LogP contribution is 2.20. The maximum absolute atomic E-state index is 13.5. The van der Waals surface area contributed by atoms with Gasteiger partial charge < -0.3 is 15.5 Å². The van der Waals surface area contributed by atoms with Gasteiger partial charge >= 0.3 is 0 Å². The predicted octanol–water partition coefficient (Wildman–Crippen LogP) is 2.16. The number of hydrogen-bond acceptors (Lipinski definition) is 6. The van der Waals surface area contributed by atoms with Gasteiger partial charge in [-0.1, -0.05) is 27.7 Å². The molecule has 1 aromatic carbocycles. The number of benzene rings is 1. The molecule has 0 saturated carbocycles. The third-order valence-electron chi connectivity index (χ3n) is 2.15. The van der Waals surface area contributed by atoms with E-state index < -0.39 is 5.82 Å². The zero-order valence-electron chi connectivity index (χ0n) is 10.1. The Morgan fingerprint density at radius 3 is 2.95 bits per heavy atom. The number of aromatic nitrogens is 2. The SMILES string of the molecule is NCc1nnc(SCC(=O)Nc2ccc(Br)cc2F)o1. The van der Waals surface area contributed by atoms with E-state index in [-0.39, 0.29) is 29.1 Å². The number of hydrogen-bond donors (Lipinski definition) is 2. The molecule has 106 valence electrons. The largest absolute Gasteiger partial charge is 0.415 e. The molecule has 3 N–H and O–H groups in total. The molecule has 0 radical (unpaired) electrons. The van der Waals surface area contributed by atoms with Crippen molar-refractivity contribution in [2.75, 3.05) is 11.1 Å². The van der Waals surface area contributed by atoms with Crippen molar-refractivity contribution in [1.82, 2.24) is 10.2 Å². The lowest BCUT2D eigenvalue weighted by Gasteiger charge is -2.05. The quantitative estimate of drug-likeness (QED) is 0.793. The maximum atomic E-state index is 13.5. The van der Waals surface area contributed by atoms with Crippen molar-refractivity contribution in [2.24, 2.45) is 5.73 Å². The fourth-order valence-corrected chi connectivity index (χ4v) is 2.20. The molecule has 0 aliphatic rings. The first-order valence-electron chi connectivity index (χ1n) is 5.48. The summed E-state index contributed by atoms with van der Waals surface area (Å²) in [6, 6.07) is 4.38. The molecule has 2 aromatic rings. The number of anilines is 1. The first-order chi connectivity index (χ1) is 9.58. The van der Waals surface area contributed by atoms with Gasteiger partial charge in [-0.05, 0) is 18.2 Å². The number of amides is 1. The Morgan fingerprint density at radius 1 is 1.50 bits per heavy atom. The Bertz CT molecular complexity index is 622. The standard InChI is InChI=1S/C11H10BrFN4O2S/c12-6-1-2-8(7(13)3-6)15-9(18)5-20-11-17-16-10(4-14)19-11/h1-3H,4-5,14H2,(H,15,18). The van der Waals surface area contributed by atoms with E-state index in [2.05, 4.69) is 31.4 Å². The van der Waals surface area contributed by atoms with Crippen LogP contribution in [0.3, 0.4) is 0 Å². The van der Waals surface area contributed by atoms with Crippen LogP contribution in [0.15, 0.2) is 32.3 Å². The zero-order chi connectivity index (χ0) is 14.5. The van der Waals surface area contributed by atoms with Crippen LogP contribution in [-0.4, -0.2) is 21.9 Å². The Hall–Kier alpha value is -1.45. The van der Waals surface area contributed by atoms with Crippen molar-refractivity contribution < 1.29 is 13.6 Å². The molecule has 0 aliphatic carbocycles. The predicted molar refractivity (Wildman–Crippen MR) is 75.6 cm³/mol. The van der Waals surface area contributed by atoms with Gasteiger partial charge in [0.05, 0.1) is 18.0 Å². The van der Waals surface area contributed by atoms with Crippen LogP contribution in [0.1, 0.15) is 5.89 Å². The summed E-state index contributed by atoms with van der Waals surface area (Å²) in [6.45, 7) is 0.143. The minimum absolute atomic E-state index is 0.0295. The van der Waals surface area contributed by atoms with Crippen LogP contribution in [0.2, 0.25) is 0 Å². The fraction of sp³-hybridized carbons (Fsp3) is 0.182. The van der Waals surface area contributed by atoms with Crippen molar-refractivity contribution in [1.29, 1.82) is 0 Å². The number of nitrogens with zero attached hydrogens (tertiary/aromatic N) is 2. The van der Waals surface area contributed by atoms with Crippen LogP contribution < -0.4 is 11.1 Å². The number of nitrogens with two attached hydrogens (primary N) is 1. The Balaban J connectivity index is 1.89. The number of nitrogens with one attached hydrogen (secondary N) is 1. The third-order valence-corrected chi connectivity index (χ3v) is 3.47. The lowest BCUT2D eigenvalue weighted by atomic mass is 10.3. The van der Waals surface area contributed by atoms with Crippen molar-refractivity contribution >= 4 is 39.3 Å². The number of carbonyl (C=O) groups is 1. The van der Waals surface area contributed by atoms with E-state index >= 15 is 0 Å². The van der Waals surface area contributed by atoms with Crippen molar-refractivity contribution in [3.05, 3.63) is 34.4 Å². The normalized spacial score (nSPS) is 10.6. The molecule has 1 amide bonds. The summed E-state index contributed by atoms with van der Waals surface area (Å²) >= 11 is 4.19. The molecule has 20 heavy (non-hydrogen) atoms. The zero-order valence-corrected chi connectivity index (χ0v) is 12.5. The summed E-state index contributed by atoms with van der Waals surface area (Å²) in [5.74, 6) is -0.557. The Kier molecular flexibility index (Phi) is 5.10. The Morgan fingerprint density at radius 2 is 2.30 bits per heavy atom. The van der Waals surface area contributed by atoms with E-state index in [9.17, 15) is 9.18 Å². The molecule has 2 rings (SSSR count). The van der Waals surface area contributed by atoms with Crippen molar-refractivity contribution in [3.63, 3.8) is 0 Å². The van der Waals surface area contributed by atoms with Gasteiger partial charge in [0.15, 0.2) is 0 Å². The van der Waals surface area contributed by atoms with Crippen molar-refractivity contribution in [2.45, 2.75) is 11.8 Å². The highest BCUT2D eigenvalue weighted by Gasteiger charge is 2.11. The lowest BCUT2D eigenvalue weighted by Crippen LogP contribution is -2.15. The van der Waals surface area contributed by atoms with Gasteiger partial charge in [-0.3, -0.25) is 4.79 Å². The van der Waals surface area contributed by atoms with E-state index in [1.54, 1.807) is 6.07 Å². The minimum atomic E-state index is -0.513. The molecule has 0 spiro atoms. The number of thioether (sulfide) groups is 1. The highest BCUT2D eigenvalue weighted by atomic mass is 79.9. The average Bonchev–Trinajstić information content (AvgIpc) is 2.88. The topological polar surface area (TPSA) is 94.0 Å². The van der Waals surface area contributed by atoms with Gasteiger partial charge in [0.25, 0.3) is 5.22 Å². The van der Waals surface area contributed by atoms with Crippen LogP contribution in [0.25, 0.3) is 0 Å². The molecule has 9 heteroatoms. The summed E-state index contributed by atoms with van der Waals surface area (Å²) in [6.07, 6.45) is 0. The third kappa shape index (κ3) is 4.02. The second-order valence-corrected chi connectivity index (χ2v) is 5.47. The first-order valence-corrected chi connectivity index (χ1v) is 7.26. The minimum Gasteiger partial charge on any atom is -0.415 e. The molecule has 0 atom stereocenters. The second kappa shape index (κ2) is 6.82. The van der Waals surface area contributed by atoms with E-state index in [4.69, 9.17) is 10.2 Å². The monoisotopic (exact) mass is 360 g/mol. The van der Waals surface area contributed by atoms with Crippen LogP contribution in [0.4, 0.5) is 10.1 Å². The molecular formula is C11H10BrFN4O2S. The summed E-state index contributed by atoms with van der Waals surface area (Å²) in [7, 11) is 0. The average molecular weight is 361 g/mol. The molecule has 0 aliphatic heterocycles. The van der Waals surface area contributed by atoms with E-state index in [0.717, 1.165) is 11.8 Å². The van der Waals surface area contributed by atoms with Gasteiger partial charge in [-0.2, -0.15) is 0 Å². The van der Waals surface area contributed by atoms with Gasteiger partial charge in [-0.25, -0.2) is 4.39 Å². The van der Waals surface area contributed by atoms with Crippen LogP contribution >= 0.6 is 27.7 Å². The first kappa shape index (κ1) is 14.9. The van der Waals surface area contributed by atoms with Gasteiger partial charge in [0.2, 0.25) is 11.8 Å². The summed E-state index contributed by atoms with van der Waals surface area (Å²) in [5.41, 5.74) is 5.44. The van der Waals surface area contributed by atoms with E-state index in [1.807, 2.05) is 0 Å². The van der Waals surface area contributed by atoms with Crippen molar-refractivity contribution in [3.8, 4) is 0 Å². The second-order valence-electron chi connectivity index (χ2n) is 3.63. The van der Waals surface area contributed by atoms with Crippen LogP contribution in [0.5, 0.6) is 0 Å². The number of carbonyl (C=O) groups excluding carboxylic acids is 1. The van der Waals surface area contributed by atoms with E-state index in [0.29, 0.717) is 10.4 Å². The molecule has 0 bridgehead atoms. The molecule has 0 saturated heterocycles. The summed E-state index contributed by atoms with van der Waals surface area (Å²) in [4.78, 5) is 11.7. The van der Waals surface area contributed by atoms with Gasteiger partial charge in [0, 0.05) is 4.47 Å². The fourth-order valence-electron chi connectivity index (χ4n) is 1.28. The summed E-state index contributed by atoms with van der Waals surface area (Å²) in [5, 5.41) is 10.1. The molecule has 1 heterocycles. The molecule has 6 nitrogen and oxygen atoms in total. The van der Waals surface area contributed by atoms with E-state index in [1.165, 1.54) is 12.1 Å². The van der Waals surface area contributed by atoms with Gasteiger partial charge in [0.1, 0.15) is 5.82 Å². The van der Waals surface area contributed by atoms with Gasteiger partial charge in [-0.15, -0.1) is 10.2 Å². The molecule has 0 unspecified atom stereocenters. The highest BCUT2D eigenvalue weighted by molar-refractivity contribution is 9.10. The number of rotatable bonds is 5. The Labute approximate surface area is 126 Å². The van der Waals surface area contributed by atoms with Crippen LogP contribution in [0, 0.1) is 5.82 Å². The smallest absolute Gasteiger partial charge is 0.277 e. The van der Waals surface area contributed by atoms with Crippen LogP contribution in [-0.2, 0) is 11.3 Å². The molecule has 1 aromatic heterocycles. The molecular weight excluding hydrogens is 351 g/mol. The number of halogens is 2. The molecule has 0 fully saturated rings. The maximum Gasteiger partial charge on any atom is 0.277 e. The summed E-state index contributed by atoms with van der Waals surface area (Å²) < 4.78 is 19.2. The lowest BCUT2D eigenvalue weighted by molar-refractivity contribution is -0.113.